The highest BCUT2D eigenvalue weighted by molar-refractivity contribution is 6.33. The summed E-state index contributed by atoms with van der Waals surface area (Å²) in [6.45, 7) is 0.0141. The summed E-state index contributed by atoms with van der Waals surface area (Å²) in [5.74, 6) is -1.47. The molecule has 0 heterocycles. The number of carbonyl (C=O) groups is 3. The van der Waals surface area contributed by atoms with Crippen LogP contribution in [-0.4, -0.2) is 29.6 Å². The van der Waals surface area contributed by atoms with E-state index >= 15 is 0 Å². The van der Waals surface area contributed by atoms with Crippen LogP contribution in [0.3, 0.4) is 0 Å². The Morgan fingerprint density at radius 3 is 2.29 bits per heavy atom. The zero-order chi connectivity index (χ0) is 30.3. The molecule has 0 atom stereocenters. The number of carboxylic acid groups (broad SMARTS) is 1. The third-order valence-electron chi connectivity index (χ3n) is 6.80. The van der Waals surface area contributed by atoms with Crippen LogP contribution in [0.1, 0.15) is 59.2 Å². The zero-order valence-corrected chi connectivity index (χ0v) is 23.3. The molecule has 0 spiro atoms. The molecule has 0 aliphatic heterocycles. The summed E-state index contributed by atoms with van der Waals surface area (Å²) < 4.78 is 39.9. The van der Waals surface area contributed by atoms with Gasteiger partial charge in [-0.15, -0.1) is 0 Å². The predicted molar refractivity (Wildman–Crippen MR) is 156 cm³/mol. The van der Waals surface area contributed by atoms with Crippen LogP contribution in [0.2, 0.25) is 5.02 Å². The Morgan fingerprint density at radius 1 is 0.952 bits per heavy atom. The molecule has 3 amide bonds. The topological polar surface area (TPSA) is 98.7 Å². The molecule has 0 saturated heterocycles. The minimum absolute atomic E-state index is 0.0190. The van der Waals surface area contributed by atoms with Gasteiger partial charge in [-0.2, -0.15) is 13.2 Å². The molecule has 3 N–H and O–H groups in total. The van der Waals surface area contributed by atoms with E-state index in [1.807, 2.05) is 12.1 Å². The highest BCUT2D eigenvalue weighted by Crippen LogP contribution is 2.34. The molecule has 0 saturated carbocycles. The van der Waals surface area contributed by atoms with Crippen molar-refractivity contribution in [2.75, 3.05) is 16.8 Å². The van der Waals surface area contributed by atoms with Gasteiger partial charge in [0.1, 0.15) is 0 Å². The summed E-state index contributed by atoms with van der Waals surface area (Å²) in [5.41, 5.74) is 2.60. The van der Waals surface area contributed by atoms with E-state index in [0.29, 0.717) is 16.8 Å². The second-order valence-electron chi connectivity index (χ2n) is 9.83. The number of carbonyl (C=O) groups excluding carboxylic acids is 2. The fourth-order valence-corrected chi connectivity index (χ4v) is 4.71. The molecular weight excluding hydrogens is 571 g/mol. The number of benzene rings is 3. The lowest BCUT2D eigenvalue weighted by atomic mass is 9.93. The van der Waals surface area contributed by atoms with Crippen LogP contribution in [0.4, 0.5) is 29.3 Å². The minimum Gasteiger partial charge on any atom is -0.481 e. The van der Waals surface area contributed by atoms with E-state index in [0.717, 1.165) is 49.4 Å². The molecule has 1 aliphatic rings. The molecule has 11 heteroatoms. The van der Waals surface area contributed by atoms with Gasteiger partial charge in [0.15, 0.2) is 0 Å². The maximum Gasteiger partial charge on any atom is 0.416 e. The molecule has 0 radical (unpaired) electrons. The van der Waals surface area contributed by atoms with Gasteiger partial charge < -0.3 is 15.7 Å². The number of hydrogen-bond acceptors (Lipinski definition) is 3. The van der Waals surface area contributed by atoms with Crippen molar-refractivity contribution in [3.63, 3.8) is 0 Å². The maximum atomic E-state index is 13.5. The molecule has 0 fully saturated rings. The van der Waals surface area contributed by atoms with E-state index < -0.39 is 29.6 Å². The van der Waals surface area contributed by atoms with Gasteiger partial charge in [-0.3, -0.25) is 14.5 Å². The standard InChI is InChI=1S/C31H29ClF3N3O4/c32-26-15-12-24(31(33,34)35)18-27(26)37-30(42)38(25-13-10-22(11-14-25)21-4-2-1-3-5-21)19-20-6-8-23(9-7-20)29(41)36-17-16-28(39)40/h4,6-15,18H,1-3,5,16-17,19H2,(H,36,41)(H,37,42)(H,39,40). The molecular formula is C31H29ClF3N3O4. The van der Waals surface area contributed by atoms with Gasteiger partial charge in [0.2, 0.25) is 0 Å². The second-order valence-corrected chi connectivity index (χ2v) is 10.2. The fourth-order valence-electron chi connectivity index (χ4n) is 4.55. The number of hydrogen-bond donors (Lipinski definition) is 3. The lowest BCUT2D eigenvalue weighted by molar-refractivity contribution is -0.138. The summed E-state index contributed by atoms with van der Waals surface area (Å²) >= 11 is 6.13. The molecule has 0 aromatic heterocycles. The highest BCUT2D eigenvalue weighted by atomic mass is 35.5. The van der Waals surface area contributed by atoms with Crippen molar-refractivity contribution in [3.8, 4) is 0 Å². The monoisotopic (exact) mass is 599 g/mol. The number of aliphatic carboxylic acids is 1. The van der Waals surface area contributed by atoms with E-state index in [2.05, 4.69) is 16.7 Å². The minimum atomic E-state index is -4.62. The number of allylic oxidation sites excluding steroid dienone is 2. The van der Waals surface area contributed by atoms with E-state index in [9.17, 15) is 27.6 Å². The molecule has 7 nitrogen and oxygen atoms in total. The van der Waals surface area contributed by atoms with Gasteiger partial charge in [0.05, 0.1) is 29.2 Å². The van der Waals surface area contributed by atoms with Gasteiger partial charge in [-0.05, 0) is 84.8 Å². The SMILES string of the molecule is O=C(O)CCNC(=O)c1ccc(CN(C(=O)Nc2cc(C(F)(F)F)ccc2Cl)c2ccc(C3=CCCCC3)cc2)cc1. The van der Waals surface area contributed by atoms with Crippen molar-refractivity contribution in [3.05, 3.63) is 100 Å². The first-order valence-electron chi connectivity index (χ1n) is 13.3. The Balaban J connectivity index is 1.58. The van der Waals surface area contributed by atoms with Crippen molar-refractivity contribution >= 4 is 46.5 Å². The number of anilines is 2. The quantitative estimate of drug-likeness (QED) is 0.234. The summed E-state index contributed by atoms with van der Waals surface area (Å²) in [4.78, 5) is 37.9. The highest BCUT2D eigenvalue weighted by Gasteiger charge is 2.31. The summed E-state index contributed by atoms with van der Waals surface area (Å²) in [6.07, 6.45) is 1.61. The first-order chi connectivity index (χ1) is 20.0. The summed E-state index contributed by atoms with van der Waals surface area (Å²) in [7, 11) is 0. The maximum absolute atomic E-state index is 13.5. The average molecular weight is 600 g/mol. The van der Waals surface area contributed by atoms with Crippen molar-refractivity contribution in [1.29, 1.82) is 0 Å². The summed E-state index contributed by atoms with van der Waals surface area (Å²) in [6, 6.07) is 15.8. The molecule has 220 valence electrons. The van der Waals surface area contributed by atoms with Gasteiger partial charge >= 0.3 is 18.2 Å². The van der Waals surface area contributed by atoms with Gasteiger partial charge in [-0.25, -0.2) is 4.79 Å². The first-order valence-corrected chi connectivity index (χ1v) is 13.7. The Kier molecular flexibility index (Phi) is 9.90. The number of nitrogens with zero attached hydrogens (tertiary/aromatic N) is 1. The molecule has 3 aromatic rings. The van der Waals surface area contributed by atoms with Crippen LogP contribution in [0.25, 0.3) is 5.57 Å². The Labute approximate surface area is 246 Å². The normalized spacial score (nSPS) is 13.2. The van der Waals surface area contributed by atoms with Crippen LogP contribution in [0.15, 0.2) is 72.8 Å². The molecule has 3 aromatic carbocycles. The zero-order valence-electron chi connectivity index (χ0n) is 22.5. The van der Waals surface area contributed by atoms with E-state index in [1.165, 1.54) is 10.5 Å². The Hall–Kier alpha value is -4.31. The van der Waals surface area contributed by atoms with Crippen LogP contribution in [0.5, 0.6) is 0 Å². The number of urea groups is 1. The van der Waals surface area contributed by atoms with Gasteiger partial charge in [0.25, 0.3) is 5.91 Å². The van der Waals surface area contributed by atoms with Crippen molar-refractivity contribution in [2.45, 2.75) is 44.8 Å². The van der Waals surface area contributed by atoms with Crippen LogP contribution >= 0.6 is 11.6 Å². The molecule has 1 aliphatic carbocycles. The number of amides is 3. The third kappa shape index (κ3) is 8.13. The van der Waals surface area contributed by atoms with Crippen LogP contribution in [-0.2, 0) is 17.5 Å². The molecule has 4 rings (SSSR count). The average Bonchev–Trinajstić information content (AvgIpc) is 2.97. The molecule has 0 bridgehead atoms. The summed E-state index contributed by atoms with van der Waals surface area (Å²) in [5, 5.41) is 13.7. The second kappa shape index (κ2) is 13.6. The van der Waals surface area contributed by atoms with Gasteiger partial charge in [-0.1, -0.05) is 41.9 Å². The van der Waals surface area contributed by atoms with Crippen LogP contribution in [0, 0.1) is 0 Å². The Morgan fingerprint density at radius 2 is 1.67 bits per heavy atom. The first kappa shape index (κ1) is 30.6. The predicted octanol–water partition coefficient (Wildman–Crippen LogP) is 7.76. The van der Waals surface area contributed by atoms with Crippen molar-refractivity contribution < 1.29 is 32.7 Å². The van der Waals surface area contributed by atoms with E-state index in [-0.39, 0.29) is 30.2 Å². The number of rotatable bonds is 9. The molecule has 42 heavy (non-hydrogen) atoms. The number of halogens is 4. The largest absolute Gasteiger partial charge is 0.481 e. The molecule has 0 unspecified atom stereocenters. The number of nitrogens with one attached hydrogen (secondary N) is 2. The lowest BCUT2D eigenvalue weighted by Crippen LogP contribution is -2.34. The van der Waals surface area contributed by atoms with Gasteiger partial charge in [0, 0.05) is 17.8 Å². The van der Waals surface area contributed by atoms with Crippen molar-refractivity contribution in [1.82, 2.24) is 5.32 Å². The third-order valence-corrected chi connectivity index (χ3v) is 7.13. The smallest absolute Gasteiger partial charge is 0.416 e. The number of alkyl halides is 3. The Bertz CT molecular complexity index is 1470. The van der Waals surface area contributed by atoms with Crippen LogP contribution < -0.4 is 15.5 Å². The lowest BCUT2D eigenvalue weighted by Gasteiger charge is -2.25. The van der Waals surface area contributed by atoms with Crippen molar-refractivity contribution in [2.24, 2.45) is 0 Å². The number of carboxylic acids is 1. The van der Waals surface area contributed by atoms with E-state index in [4.69, 9.17) is 16.7 Å². The van der Waals surface area contributed by atoms with E-state index in [1.54, 1.807) is 36.4 Å². The fraction of sp³-hybridized carbons (Fsp3) is 0.258.